The number of carbonyl (C=O) groups excluding carboxylic acids is 1. The number of alkyl halides is 1. The third-order valence-electron chi connectivity index (χ3n) is 6.32. The molecule has 192 valence electrons. The molecule has 0 bridgehead atoms. The standard InChI is InChI=1S/C29H33FN6O/c1-4-12-36(5-2)28(31)22-7-6-8-25(15-22)34-29(37)27-16-21(9-11-32-27)23-14-24-19-35(18-20(3)30)13-10-26(24)33-17-23/h5-9,11,14-17,20,31H,2,4,10,12-13,18-19H2,1,3H3,(H,34,37). The Labute approximate surface area is 217 Å². The first-order valence-corrected chi connectivity index (χ1v) is 12.6. The predicted octanol–water partition coefficient (Wildman–Crippen LogP) is 5.29. The van der Waals surface area contributed by atoms with Gasteiger partial charge in [0, 0.05) is 67.5 Å². The van der Waals surface area contributed by atoms with Gasteiger partial charge in [0.1, 0.15) is 17.7 Å². The summed E-state index contributed by atoms with van der Waals surface area (Å²) in [6.45, 7) is 9.99. The molecule has 3 aromatic rings. The fraction of sp³-hybridized carbons (Fsp3) is 0.310. The highest BCUT2D eigenvalue weighted by atomic mass is 19.1. The minimum Gasteiger partial charge on any atom is -0.334 e. The number of halogens is 1. The molecule has 8 heteroatoms. The van der Waals surface area contributed by atoms with Gasteiger partial charge in [0.2, 0.25) is 0 Å². The number of carbonyl (C=O) groups is 1. The second-order valence-corrected chi connectivity index (χ2v) is 9.28. The summed E-state index contributed by atoms with van der Waals surface area (Å²) < 4.78 is 13.5. The molecule has 0 aliphatic carbocycles. The van der Waals surface area contributed by atoms with Gasteiger partial charge in [-0.3, -0.25) is 25.1 Å². The second-order valence-electron chi connectivity index (χ2n) is 9.28. The molecule has 2 aromatic heterocycles. The number of pyridine rings is 2. The number of amides is 1. The lowest BCUT2D eigenvalue weighted by atomic mass is 10.00. The highest BCUT2D eigenvalue weighted by Gasteiger charge is 2.20. The van der Waals surface area contributed by atoms with Gasteiger partial charge in [0.25, 0.3) is 5.91 Å². The second kappa shape index (κ2) is 11.9. The van der Waals surface area contributed by atoms with Crippen LogP contribution in [0.4, 0.5) is 10.1 Å². The highest BCUT2D eigenvalue weighted by Crippen LogP contribution is 2.25. The Bertz CT molecular complexity index is 1290. The largest absolute Gasteiger partial charge is 0.334 e. The van der Waals surface area contributed by atoms with Gasteiger partial charge in [-0.25, -0.2) is 4.39 Å². The van der Waals surface area contributed by atoms with Crippen molar-refractivity contribution in [1.82, 2.24) is 19.8 Å². The van der Waals surface area contributed by atoms with Crippen LogP contribution < -0.4 is 5.32 Å². The third kappa shape index (κ3) is 6.46. The monoisotopic (exact) mass is 500 g/mol. The SMILES string of the molecule is C=CN(CCC)C(=N)c1cccc(NC(=O)c2cc(-c3cnc4c(c3)CN(CC(C)F)CC4)ccn2)c1. The van der Waals surface area contributed by atoms with E-state index in [4.69, 9.17) is 5.41 Å². The van der Waals surface area contributed by atoms with Crippen molar-refractivity contribution in [1.29, 1.82) is 5.41 Å². The molecule has 7 nitrogen and oxygen atoms in total. The van der Waals surface area contributed by atoms with Crippen LogP contribution in [-0.4, -0.2) is 57.3 Å². The Kier molecular flexibility index (Phi) is 8.40. The molecule has 1 aromatic carbocycles. The summed E-state index contributed by atoms with van der Waals surface area (Å²) in [5.41, 5.74) is 5.40. The van der Waals surface area contributed by atoms with Crippen molar-refractivity contribution in [3.05, 3.63) is 90.2 Å². The molecule has 0 saturated carbocycles. The van der Waals surface area contributed by atoms with Crippen LogP contribution in [0.3, 0.4) is 0 Å². The van der Waals surface area contributed by atoms with Gasteiger partial charge in [0.05, 0.1) is 0 Å². The Morgan fingerprint density at radius 2 is 2.11 bits per heavy atom. The van der Waals surface area contributed by atoms with Crippen LogP contribution in [-0.2, 0) is 13.0 Å². The number of rotatable bonds is 9. The van der Waals surface area contributed by atoms with E-state index < -0.39 is 6.17 Å². The Morgan fingerprint density at radius 3 is 2.86 bits per heavy atom. The third-order valence-corrected chi connectivity index (χ3v) is 6.32. The molecule has 1 aliphatic rings. The molecule has 2 N–H and O–H groups in total. The number of anilines is 1. The van der Waals surface area contributed by atoms with Gasteiger partial charge in [-0.15, -0.1) is 0 Å². The van der Waals surface area contributed by atoms with Crippen LogP contribution >= 0.6 is 0 Å². The van der Waals surface area contributed by atoms with Crippen LogP contribution in [0.25, 0.3) is 11.1 Å². The maximum Gasteiger partial charge on any atom is 0.274 e. The molecular formula is C29H33FN6O. The molecule has 0 spiro atoms. The van der Waals surface area contributed by atoms with Gasteiger partial charge in [-0.2, -0.15) is 0 Å². The number of hydrogen-bond acceptors (Lipinski definition) is 5. The summed E-state index contributed by atoms with van der Waals surface area (Å²) in [6.07, 6.45) is 5.89. The van der Waals surface area contributed by atoms with Crippen molar-refractivity contribution in [3.8, 4) is 11.1 Å². The van der Waals surface area contributed by atoms with Crippen molar-refractivity contribution in [2.75, 3.05) is 25.0 Å². The maximum absolute atomic E-state index is 13.5. The summed E-state index contributed by atoms with van der Waals surface area (Å²) in [5.74, 6) is -0.0128. The van der Waals surface area contributed by atoms with Crippen molar-refractivity contribution in [3.63, 3.8) is 0 Å². The molecule has 1 unspecified atom stereocenters. The summed E-state index contributed by atoms with van der Waals surface area (Å²) >= 11 is 0. The predicted molar refractivity (Wildman–Crippen MR) is 145 cm³/mol. The van der Waals surface area contributed by atoms with Crippen LogP contribution in [0.2, 0.25) is 0 Å². The zero-order valence-corrected chi connectivity index (χ0v) is 21.4. The number of nitrogens with one attached hydrogen (secondary N) is 2. The number of fused-ring (bicyclic) bond motifs is 1. The minimum absolute atomic E-state index is 0.280. The molecule has 3 heterocycles. The molecule has 1 aliphatic heterocycles. The van der Waals surface area contributed by atoms with E-state index in [1.54, 1.807) is 42.4 Å². The van der Waals surface area contributed by atoms with Gasteiger partial charge in [-0.05, 0) is 61.0 Å². The quantitative estimate of drug-likeness (QED) is 0.308. The Hall–Kier alpha value is -3.91. The first-order chi connectivity index (χ1) is 17.9. The fourth-order valence-corrected chi connectivity index (χ4v) is 4.53. The number of amidine groups is 1. The van der Waals surface area contributed by atoms with Crippen molar-refractivity contribution >= 4 is 17.4 Å². The van der Waals surface area contributed by atoms with Crippen LogP contribution in [0.15, 0.2) is 67.6 Å². The summed E-state index contributed by atoms with van der Waals surface area (Å²) in [4.78, 5) is 25.8. The average molecular weight is 501 g/mol. The van der Waals surface area contributed by atoms with Gasteiger partial charge >= 0.3 is 0 Å². The molecule has 4 rings (SSSR count). The maximum atomic E-state index is 13.5. The lowest BCUT2D eigenvalue weighted by molar-refractivity contribution is 0.102. The summed E-state index contributed by atoms with van der Waals surface area (Å²) in [5, 5.41) is 11.4. The summed E-state index contributed by atoms with van der Waals surface area (Å²) in [7, 11) is 0. The Balaban J connectivity index is 1.50. The highest BCUT2D eigenvalue weighted by molar-refractivity contribution is 6.04. The minimum atomic E-state index is -0.873. The van der Waals surface area contributed by atoms with Crippen LogP contribution in [0, 0.1) is 5.41 Å². The number of benzene rings is 1. The van der Waals surface area contributed by atoms with Crippen molar-refractivity contribution < 1.29 is 9.18 Å². The van der Waals surface area contributed by atoms with Crippen LogP contribution in [0.5, 0.6) is 0 Å². The van der Waals surface area contributed by atoms with E-state index in [-0.39, 0.29) is 11.6 Å². The van der Waals surface area contributed by atoms with Gasteiger partial charge in [-0.1, -0.05) is 25.6 Å². The lowest BCUT2D eigenvalue weighted by Gasteiger charge is -2.28. The topological polar surface area (TPSA) is 85.2 Å². The first-order valence-electron chi connectivity index (χ1n) is 12.6. The molecule has 1 amide bonds. The fourth-order valence-electron chi connectivity index (χ4n) is 4.53. The number of aromatic nitrogens is 2. The van der Waals surface area contributed by atoms with E-state index >= 15 is 0 Å². The zero-order chi connectivity index (χ0) is 26.4. The molecule has 0 saturated heterocycles. The van der Waals surface area contributed by atoms with E-state index in [1.807, 2.05) is 31.3 Å². The molecule has 1 atom stereocenters. The average Bonchev–Trinajstić information content (AvgIpc) is 2.90. The van der Waals surface area contributed by atoms with E-state index in [9.17, 15) is 9.18 Å². The molecule has 37 heavy (non-hydrogen) atoms. The van der Waals surface area contributed by atoms with E-state index in [1.165, 1.54) is 0 Å². The Morgan fingerprint density at radius 1 is 1.27 bits per heavy atom. The normalized spacial score (nSPS) is 13.9. The number of hydrogen-bond donors (Lipinski definition) is 2. The van der Waals surface area contributed by atoms with Crippen LogP contribution in [0.1, 0.15) is 47.6 Å². The number of nitrogens with zero attached hydrogens (tertiary/aromatic N) is 4. The van der Waals surface area contributed by atoms with E-state index in [0.717, 1.165) is 41.8 Å². The van der Waals surface area contributed by atoms with E-state index in [2.05, 4.69) is 32.8 Å². The molecule has 0 fully saturated rings. The van der Waals surface area contributed by atoms with Gasteiger partial charge < -0.3 is 10.2 Å². The van der Waals surface area contributed by atoms with Crippen molar-refractivity contribution in [2.24, 2.45) is 0 Å². The van der Waals surface area contributed by atoms with Gasteiger partial charge in [0.15, 0.2) is 0 Å². The lowest BCUT2D eigenvalue weighted by Crippen LogP contribution is -2.34. The summed E-state index contributed by atoms with van der Waals surface area (Å²) in [6, 6.07) is 12.9. The van der Waals surface area contributed by atoms with Crippen molar-refractivity contribution in [2.45, 2.75) is 39.4 Å². The first kappa shape index (κ1) is 26.2. The zero-order valence-electron chi connectivity index (χ0n) is 21.4. The van der Waals surface area contributed by atoms with E-state index in [0.29, 0.717) is 36.7 Å². The smallest absolute Gasteiger partial charge is 0.274 e. The molecular weight excluding hydrogens is 467 g/mol. The molecule has 0 radical (unpaired) electrons.